The fourth-order valence-corrected chi connectivity index (χ4v) is 1.72. The Labute approximate surface area is 92.9 Å². The Balaban J connectivity index is 2.48. The fourth-order valence-electron chi connectivity index (χ4n) is 1.72. The maximum atomic E-state index is 5.50. The monoisotopic (exact) mass is 206 g/mol. The third-order valence-corrected chi connectivity index (χ3v) is 2.52. The summed E-state index contributed by atoms with van der Waals surface area (Å²) in [5.74, 6) is 0. The zero-order valence-electron chi connectivity index (χ0n) is 9.79. The number of benzene rings is 1. The van der Waals surface area contributed by atoms with E-state index in [4.69, 9.17) is 5.73 Å². The van der Waals surface area contributed by atoms with Crippen LogP contribution < -0.4 is 11.1 Å². The molecule has 1 aromatic rings. The van der Waals surface area contributed by atoms with Gasteiger partial charge < -0.3 is 11.1 Å². The lowest BCUT2D eigenvalue weighted by atomic mass is 10.1. The van der Waals surface area contributed by atoms with Gasteiger partial charge in [-0.3, -0.25) is 0 Å². The van der Waals surface area contributed by atoms with Crippen molar-refractivity contribution in [1.82, 2.24) is 0 Å². The topological polar surface area (TPSA) is 38.0 Å². The maximum Gasteiger partial charge on any atom is 0.0342 e. The molecule has 0 saturated heterocycles. The second-order valence-electron chi connectivity index (χ2n) is 4.07. The summed E-state index contributed by atoms with van der Waals surface area (Å²) >= 11 is 0. The molecule has 0 spiro atoms. The molecule has 2 nitrogen and oxygen atoms in total. The summed E-state index contributed by atoms with van der Waals surface area (Å²) in [4.78, 5) is 0. The molecule has 1 atom stereocenters. The fraction of sp³-hybridized carbons (Fsp3) is 0.538. The molecule has 0 aliphatic heterocycles. The van der Waals surface area contributed by atoms with Crippen molar-refractivity contribution >= 4 is 5.69 Å². The number of hydrogen-bond acceptors (Lipinski definition) is 2. The summed E-state index contributed by atoms with van der Waals surface area (Å²) in [5, 5.41) is 3.48. The molecule has 3 N–H and O–H groups in total. The van der Waals surface area contributed by atoms with Crippen LogP contribution in [0, 0.1) is 0 Å². The summed E-state index contributed by atoms with van der Waals surface area (Å²) in [7, 11) is 0. The summed E-state index contributed by atoms with van der Waals surface area (Å²) in [6.07, 6.45) is 3.40. The number of nitrogens with one attached hydrogen (secondary N) is 1. The molecule has 0 radical (unpaired) electrons. The Morgan fingerprint density at radius 3 is 2.47 bits per heavy atom. The number of anilines is 1. The lowest BCUT2D eigenvalue weighted by Gasteiger charge is -2.14. The van der Waals surface area contributed by atoms with Gasteiger partial charge in [-0.15, -0.1) is 0 Å². The zero-order valence-corrected chi connectivity index (χ0v) is 9.79. The number of nitrogens with two attached hydrogens (primary N) is 1. The first kappa shape index (κ1) is 12.1. The zero-order chi connectivity index (χ0) is 11.1. The third kappa shape index (κ3) is 4.34. The Kier molecular flexibility index (Phi) is 5.19. The molecule has 0 heterocycles. The van der Waals surface area contributed by atoms with Gasteiger partial charge in [0.2, 0.25) is 0 Å². The molecular weight excluding hydrogens is 184 g/mol. The predicted molar refractivity (Wildman–Crippen MR) is 67.2 cm³/mol. The van der Waals surface area contributed by atoms with E-state index in [1.165, 1.54) is 24.1 Å². The summed E-state index contributed by atoms with van der Waals surface area (Å²) < 4.78 is 0. The molecule has 2 heteroatoms. The molecule has 15 heavy (non-hydrogen) atoms. The Morgan fingerprint density at radius 1 is 1.27 bits per heavy atom. The van der Waals surface area contributed by atoms with Gasteiger partial charge in [-0.25, -0.2) is 0 Å². The van der Waals surface area contributed by atoms with Crippen LogP contribution in [0.4, 0.5) is 5.69 Å². The van der Waals surface area contributed by atoms with Crippen molar-refractivity contribution in [3.05, 3.63) is 29.8 Å². The molecule has 1 aromatic carbocycles. The van der Waals surface area contributed by atoms with Crippen LogP contribution in [0.5, 0.6) is 0 Å². The standard InChI is InChI=1S/C13H22N2/c1-3-4-11(2)15-13-7-5-12(6-8-13)9-10-14/h5-8,11,15H,3-4,9-10,14H2,1-2H3. The quantitative estimate of drug-likeness (QED) is 0.751. The molecule has 1 rings (SSSR count). The van der Waals surface area contributed by atoms with Gasteiger partial charge in [0.1, 0.15) is 0 Å². The molecule has 84 valence electrons. The van der Waals surface area contributed by atoms with Crippen molar-refractivity contribution in [1.29, 1.82) is 0 Å². The van der Waals surface area contributed by atoms with Crippen molar-refractivity contribution in [2.24, 2.45) is 5.73 Å². The average molecular weight is 206 g/mol. The van der Waals surface area contributed by atoms with Crippen LogP contribution in [0.15, 0.2) is 24.3 Å². The van der Waals surface area contributed by atoms with Crippen LogP contribution in [-0.4, -0.2) is 12.6 Å². The highest BCUT2D eigenvalue weighted by Gasteiger charge is 2.00. The summed E-state index contributed by atoms with van der Waals surface area (Å²) in [6, 6.07) is 9.12. The first-order valence-corrected chi connectivity index (χ1v) is 5.81. The van der Waals surface area contributed by atoms with Gasteiger partial charge in [0.15, 0.2) is 0 Å². The molecule has 0 aliphatic rings. The summed E-state index contributed by atoms with van der Waals surface area (Å²) in [5.41, 5.74) is 8.02. The molecule has 0 bridgehead atoms. The minimum absolute atomic E-state index is 0.551. The normalized spacial score (nSPS) is 12.5. The van der Waals surface area contributed by atoms with Crippen LogP contribution in [0.1, 0.15) is 32.3 Å². The van der Waals surface area contributed by atoms with E-state index in [1.807, 2.05) is 0 Å². The van der Waals surface area contributed by atoms with E-state index in [-0.39, 0.29) is 0 Å². The molecule has 0 aliphatic carbocycles. The van der Waals surface area contributed by atoms with E-state index in [9.17, 15) is 0 Å². The van der Waals surface area contributed by atoms with Gasteiger partial charge >= 0.3 is 0 Å². The van der Waals surface area contributed by atoms with Gasteiger partial charge in [0, 0.05) is 11.7 Å². The minimum Gasteiger partial charge on any atom is -0.383 e. The first-order chi connectivity index (χ1) is 7.26. The van der Waals surface area contributed by atoms with E-state index < -0.39 is 0 Å². The molecule has 1 unspecified atom stereocenters. The predicted octanol–water partition coefficient (Wildman–Crippen LogP) is 2.79. The van der Waals surface area contributed by atoms with Gasteiger partial charge in [-0.05, 0) is 44.0 Å². The van der Waals surface area contributed by atoms with E-state index >= 15 is 0 Å². The largest absolute Gasteiger partial charge is 0.383 e. The molecule has 0 saturated carbocycles. The van der Waals surface area contributed by atoms with Gasteiger partial charge in [-0.2, -0.15) is 0 Å². The Morgan fingerprint density at radius 2 is 1.93 bits per heavy atom. The van der Waals surface area contributed by atoms with E-state index in [0.29, 0.717) is 6.04 Å². The van der Waals surface area contributed by atoms with Crippen molar-refractivity contribution in [2.45, 2.75) is 39.2 Å². The third-order valence-electron chi connectivity index (χ3n) is 2.52. The second-order valence-corrected chi connectivity index (χ2v) is 4.07. The molecule has 0 amide bonds. The van der Waals surface area contributed by atoms with E-state index in [0.717, 1.165) is 13.0 Å². The molecule has 0 aromatic heterocycles. The lowest BCUT2D eigenvalue weighted by molar-refractivity contribution is 0.690. The second kappa shape index (κ2) is 6.46. The molecule has 0 fully saturated rings. The highest BCUT2D eigenvalue weighted by Crippen LogP contribution is 2.12. The SMILES string of the molecule is CCCC(C)Nc1ccc(CCN)cc1. The van der Waals surface area contributed by atoms with Crippen LogP contribution >= 0.6 is 0 Å². The minimum atomic E-state index is 0.551. The number of hydrogen-bond donors (Lipinski definition) is 2. The Bertz CT molecular complexity index is 266. The van der Waals surface area contributed by atoms with Gasteiger partial charge in [0.05, 0.1) is 0 Å². The smallest absolute Gasteiger partial charge is 0.0342 e. The summed E-state index contributed by atoms with van der Waals surface area (Å²) in [6.45, 7) is 5.15. The Hall–Kier alpha value is -1.02. The van der Waals surface area contributed by atoms with E-state index in [2.05, 4.69) is 43.4 Å². The maximum absolute atomic E-state index is 5.50. The van der Waals surface area contributed by atoms with E-state index in [1.54, 1.807) is 0 Å². The average Bonchev–Trinajstić information content (AvgIpc) is 2.22. The molecular formula is C13H22N2. The van der Waals surface area contributed by atoms with Crippen molar-refractivity contribution < 1.29 is 0 Å². The van der Waals surface area contributed by atoms with Gasteiger partial charge in [-0.1, -0.05) is 25.5 Å². The van der Waals surface area contributed by atoms with Crippen LogP contribution in [0.3, 0.4) is 0 Å². The first-order valence-electron chi connectivity index (χ1n) is 5.81. The highest BCUT2D eigenvalue weighted by atomic mass is 14.9. The van der Waals surface area contributed by atoms with Gasteiger partial charge in [0.25, 0.3) is 0 Å². The van der Waals surface area contributed by atoms with Crippen LogP contribution in [-0.2, 0) is 6.42 Å². The van der Waals surface area contributed by atoms with Crippen LogP contribution in [0.25, 0.3) is 0 Å². The van der Waals surface area contributed by atoms with Crippen molar-refractivity contribution in [3.63, 3.8) is 0 Å². The van der Waals surface area contributed by atoms with Crippen molar-refractivity contribution in [2.75, 3.05) is 11.9 Å². The lowest BCUT2D eigenvalue weighted by Crippen LogP contribution is -2.14. The number of rotatable bonds is 6. The van der Waals surface area contributed by atoms with Crippen LogP contribution in [0.2, 0.25) is 0 Å². The van der Waals surface area contributed by atoms with Crippen molar-refractivity contribution in [3.8, 4) is 0 Å². The highest BCUT2D eigenvalue weighted by molar-refractivity contribution is 5.45.